The van der Waals surface area contributed by atoms with Crippen molar-refractivity contribution < 1.29 is 31.2 Å². The van der Waals surface area contributed by atoms with Gasteiger partial charge < -0.3 is 4.79 Å². The monoisotopic (exact) mass is 543 g/mol. The summed E-state index contributed by atoms with van der Waals surface area (Å²) in [6.45, 7) is 9.00. The Hall–Kier alpha value is -3.67. The summed E-state index contributed by atoms with van der Waals surface area (Å²) in [4.78, 5) is 11.7. The molecule has 0 heterocycles. The largest absolute Gasteiger partial charge is 0.102 e. The Balaban J connectivity index is 0.000000334. The molecule has 0 amide bonds. The van der Waals surface area contributed by atoms with Crippen molar-refractivity contribution in [2.24, 2.45) is 0 Å². The number of benzene rings is 4. The van der Waals surface area contributed by atoms with E-state index in [1.54, 1.807) is 0 Å². The summed E-state index contributed by atoms with van der Waals surface area (Å²) in [5.74, 6) is 0.0885. The van der Waals surface area contributed by atoms with Crippen molar-refractivity contribution in [2.45, 2.75) is 0 Å². The van der Waals surface area contributed by atoms with Crippen LogP contribution in [-0.4, -0.2) is 5.78 Å². The SMILES string of the molecule is O=C(c1ccccc1)[c-]1cccc1.[C-]#[O+].[C-]#[O+].[Mn].c1ccc([PH+](c2ccccc2)c2ccccc2)cc1. The van der Waals surface area contributed by atoms with Gasteiger partial charge in [-0.2, -0.15) is 12.1 Å². The first-order valence-electron chi connectivity index (χ1n) is 11.1. The van der Waals surface area contributed by atoms with Crippen molar-refractivity contribution in [3.63, 3.8) is 0 Å². The van der Waals surface area contributed by atoms with Crippen LogP contribution >= 0.6 is 7.92 Å². The standard InChI is InChI=1S/C18H15P.C12H9O.2CO.Mn/c1-4-10-16(11-5-1)19(17-12-6-2-7-13-17)18-14-8-3-9-15-18;13-12(11-8-4-5-9-11)10-6-2-1-3-7-10;2*1-2;/h1-15H;1-9H;;;/q;-1;;;/p+1. The van der Waals surface area contributed by atoms with Crippen LogP contribution in [0.4, 0.5) is 0 Å². The van der Waals surface area contributed by atoms with Crippen LogP contribution in [-0.2, 0) is 26.4 Å². The molecule has 3 nitrogen and oxygen atoms in total. The maximum Gasteiger partial charge on any atom is 0.102 e. The molecule has 0 unspecified atom stereocenters. The molecule has 0 atom stereocenters. The average Bonchev–Trinajstić information content (AvgIpc) is 3.53. The van der Waals surface area contributed by atoms with Crippen molar-refractivity contribution in [3.8, 4) is 0 Å². The molecule has 5 aromatic carbocycles. The van der Waals surface area contributed by atoms with Crippen molar-refractivity contribution in [3.05, 3.63) is 170 Å². The first kappa shape index (κ1) is 31.4. The molecule has 1 radical (unpaired) electrons. The molecule has 0 bridgehead atoms. The predicted molar refractivity (Wildman–Crippen MR) is 146 cm³/mol. The molecule has 0 spiro atoms. The van der Waals surface area contributed by atoms with Gasteiger partial charge in [0.25, 0.3) is 0 Å². The second kappa shape index (κ2) is 18.6. The second-order valence-corrected chi connectivity index (χ2v) is 9.82. The van der Waals surface area contributed by atoms with Crippen LogP contribution in [0, 0.1) is 13.3 Å². The normalized spacial score (nSPS) is 9.00. The van der Waals surface area contributed by atoms with Crippen molar-refractivity contribution in [2.75, 3.05) is 0 Å². The maximum atomic E-state index is 11.7. The first-order chi connectivity index (χ1) is 17.8. The summed E-state index contributed by atoms with van der Waals surface area (Å²) in [5, 5.41) is 4.31. The number of ketones is 1. The van der Waals surface area contributed by atoms with E-state index in [4.69, 9.17) is 9.30 Å². The molecule has 0 aliphatic heterocycles. The second-order valence-electron chi connectivity index (χ2n) is 7.34. The van der Waals surface area contributed by atoms with E-state index in [0.717, 1.165) is 11.1 Å². The van der Waals surface area contributed by atoms with E-state index in [2.05, 4.69) is 104 Å². The number of carbonyl (C=O) groups is 1. The molecule has 0 saturated carbocycles. The van der Waals surface area contributed by atoms with E-state index in [1.807, 2.05) is 54.6 Å². The summed E-state index contributed by atoms with van der Waals surface area (Å²) in [6, 6.07) is 49.2. The van der Waals surface area contributed by atoms with Gasteiger partial charge in [0.15, 0.2) is 0 Å². The van der Waals surface area contributed by atoms with Gasteiger partial charge in [-0.3, -0.25) is 0 Å². The average molecular weight is 543 g/mol. The molecule has 0 fully saturated rings. The van der Waals surface area contributed by atoms with Crippen LogP contribution in [0.15, 0.2) is 146 Å². The summed E-state index contributed by atoms with van der Waals surface area (Å²) >= 11 is 0. The third-order valence-corrected chi connectivity index (χ3v) is 7.88. The van der Waals surface area contributed by atoms with Crippen LogP contribution in [0.5, 0.6) is 0 Å². The Morgan fingerprint density at radius 2 is 0.811 bits per heavy atom. The predicted octanol–water partition coefficient (Wildman–Crippen LogP) is 5.74. The molecular weight excluding hydrogens is 518 g/mol. The summed E-state index contributed by atoms with van der Waals surface area (Å²) < 4.78 is 15.0. The van der Waals surface area contributed by atoms with Crippen LogP contribution < -0.4 is 15.9 Å². The third kappa shape index (κ3) is 9.71. The number of hydrogen-bond donors (Lipinski definition) is 0. The van der Waals surface area contributed by atoms with Crippen LogP contribution in [0.1, 0.15) is 15.9 Å². The van der Waals surface area contributed by atoms with E-state index in [0.29, 0.717) is 0 Å². The number of hydrogen-bond acceptors (Lipinski definition) is 1. The molecule has 0 aliphatic carbocycles. The van der Waals surface area contributed by atoms with Gasteiger partial charge in [0.2, 0.25) is 0 Å². The van der Waals surface area contributed by atoms with Gasteiger partial charge in [0, 0.05) is 17.1 Å². The van der Waals surface area contributed by atoms with Crippen LogP contribution in [0.2, 0.25) is 0 Å². The Kier molecular flexibility index (Phi) is 15.7. The van der Waals surface area contributed by atoms with E-state index in [-0.39, 0.29) is 22.9 Å². The Morgan fingerprint density at radius 1 is 0.514 bits per heavy atom. The quantitative estimate of drug-likeness (QED) is 0.0918. The van der Waals surface area contributed by atoms with E-state index >= 15 is 0 Å². The molecule has 5 heteroatoms. The molecule has 183 valence electrons. The topological polar surface area (TPSA) is 56.9 Å². The molecule has 0 N–H and O–H groups in total. The van der Waals surface area contributed by atoms with Crippen molar-refractivity contribution >= 4 is 29.6 Å². The van der Waals surface area contributed by atoms with Crippen molar-refractivity contribution in [1.29, 1.82) is 0 Å². The molecule has 5 rings (SSSR count). The third-order valence-electron chi connectivity index (χ3n) is 5.15. The minimum atomic E-state index is -0.877. The van der Waals surface area contributed by atoms with E-state index in [1.165, 1.54) is 15.9 Å². The first-order valence-corrected chi connectivity index (χ1v) is 12.6. The number of rotatable bonds is 5. The Morgan fingerprint density at radius 3 is 1.14 bits per heavy atom. The molecule has 5 aromatic rings. The van der Waals surface area contributed by atoms with E-state index < -0.39 is 7.92 Å². The molecule has 0 saturated heterocycles. The fourth-order valence-corrected chi connectivity index (χ4v) is 6.17. The molecular formula is C32H25MnO3P. The van der Waals surface area contributed by atoms with Crippen molar-refractivity contribution in [1.82, 2.24) is 0 Å². The minimum absolute atomic E-state index is 0. The van der Waals surface area contributed by atoms with Crippen LogP contribution in [0.25, 0.3) is 0 Å². The van der Waals surface area contributed by atoms with Gasteiger partial charge >= 0.3 is 22.6 Å². The van der Waals surface area contributed by atoms with Gasteiger partial charge in [-0.15, -0.1) is 12.1 Å². The molecule has 0 aromatic heterocycles. The van der Waals surface area contributed by atoms with E-state index in [9.17, 15) is 4.79 Å². The van der Waals surface area contributed by atoms with Gasteiger partial charge in [0.05, 0.1) is 7.92 Å². The number of carbonyl (C=O) groups excluding carboxylic acids is 1. The van der Waals surface area contributed by atoms with Gasteiger partial charge in [-0.25, -0.2) is 0 Å². The summed E-state index contributed by atoms with van der Waals surface area (Å²) in [5.41, 5.74) is 1.50. The van der Waals surface area contributed by atoms with Gasteiger partial charge in [-0.05, 0) is 36.4 Å². The fraction of sp³-hybridized carbons (Fsp3) is 0. The molecule has 37 heavy (non-hydrogen) atoms. The van der Waals surface area contributed by atoms with Gasteiger partial charge in [-0.1, -0.05) is 96.1 Å². The smallest absolute Gasteiger partial charge is 0.0620 e. The summed E-state index contributed by atoms with van der Waals surface area (Å²) in [6.07, 6.45) is 0. The summed E-state index contributed by atoms with van der Waals surface area (Å²) in [7, 11) is -0.877. The Labute approximate surface area is 230 Å². The minimum Gasteiger partial charge on any atom is -0.0620 e. The molecule has 0 aliphatic rings. The fourth-order valence-electron chi connectivity index (χ4n) is 3.60. The maximum absolute atomic E-state index is 11.7. The zero-order valence-corrected chi connectivity index (χ0v) is 22.1. The Bertz CT molecular complexity index is 1200. The zero-order valence-electron chi connectivity index (χ0n) is 20.0. The van der Waals surface area contributed by atoms with Crippen LogP contribution in [0.3, 0.4) is 0 Å². The zero-order chi connectivity index (χ0) is 26.0. The van der Waals surface area contributed by atoms with Gasteiger partial charge in [0.1, 0.15) is 21.7 Å².